The van der Waals surface area contributed by atoms with Crippen molar-refractivity contribution in [1.29, 1.82) is 0 Å². The second-order valence-electron chi connectivity index (χ2n) is 7.00. The maximum atomic E-state index is 13.0. The fourth-order valence-electron chi connectivity index (χ4n) is 3.49. The molecule has 1 unspecified atom stereocenters. The molecule has 3 heterocycles. The molecule has 1 fully saturated rings. The summed E-state index contributed by atoms with van der Waals surface area (Å²) in [7, 11) is -3.68. The minimum absolute atomic E-state index is 0.103. The third-order valence-electron chi connectivity index (χ3n) is 4.98. The van der Waals surface area contributed by atoms with Gasteiger partial charge in [0.1, 0.15) is 4.21 Å². The van der Waals surface area contributed by atoms with Gasteiger partial charge in [-0.2, -0.15) is 9.30 Å². The van der Waals surface area contributed by atoms with E-state index in [9.17, 15) is 13.2 Å². The van der Waals surface area contributed by atoms with E-state index in [1.54, 1.807) is 6.07 Å². The van der Waals surface area contributed by atoms with Crippen LogP contribution in [-0.4, -0.2) is 36.3 Å². The minimum Gasteiger partial charge on any atom is -0.305 e. The molecule has 1 aliphatic heterocycles. The Hall–Kier alpha value is -1.48. The van der Waals surface area contributed by atoms with Crippen LogP contribution in [0.25, 0.3) is 10.2 Å². The van der Waals surface area contributed by atoms with E-state index in [-0.39, 0.29) is 23.2 Å². The van der Waals surface area contributed by atoms with Crippen molar-refractivity contribution >= 4 is 76.4 Å². The highest BCUT2D eigenvalue weighted by molar-refractivity contribution is 9.10. The van der Waals surface area contributed by atoms with Crippen LogP contribution in [-0.2, 0) is 21.4 Å². The Kier molecular flexibility index (Phi) is 6.72. The maximum absolute atomic E-state index is 13.0. The molecule has 0 radical (unpaired) electrons. The zero-order valence-corrected chi connectivity index (χ0v) is 20.9. The van der Waals surface area contributed by atoms with Crippen molar-refractivity contribution in [2.75, 3.05) is 13.1 Å². The number of thiophene rings is 1. The maximum Gasteiger partial charge on any atom is 0.252 e. The molecule has 1 saturated heterocycles. The topological polar surface area (TPSA) is 71.7 Å². The van der Waals surface area contributed by atoms with E-state index in [2.05, 4.69) is 26.8 Å². The summed E-state index contributed by atoms with van der Waals surface area (Å²) in [5.41, 5.74) is 0.903. The SMILES string of the molecule is C#CCn1c(=NC(=O)C2CCCN(S(=O)(=O)c3ccc(Cl)s3)C2)sc2cc(Br)ccc21. The average Bonchev–Trinajstić information content (AvgIpc) is 3.32. The number of sulfonamides is 1. The highest BCUT2D eigenvalue weighted by atomic mass is 79.9. The summed E-state index contributed by atoms with van der Waals surface area (Å²) in [4.78, 5) is 17.9. The van der Waals surface area contributed by atoms with Crippen LogP contribution in [0.1, 0.15) is 12.8 Å². The van der Waals surface area contributed by atoms with Crippen LogP contribution in [0.2, 0.25) is 4.34 Å². The van der Waals surface area contributed by atoms with E-state index in [4.69, 9.17) is 18.0 Å². The van der Waals surface area contributed by atoms with Crippen LogP contribution < -0.4 is 4.80 Å². The summed E-state index contributed by atoms with van der Waals surface area (Å²) in [6.07, 6.45) is 6.70. The van der Waals surface area contributed by atoms with Gasteiger partial charge in [-0.25, -0.2) is 8.42 Å². The van der Waals surface area contributed by atoms with Crippen LogP contribution in [0.3, 0.4) is 0 Å². The smallest absolute Gasteiger partial charge is 0.252 e. The number of carbonyl (C=O) groups excluding carboxylic acids is 1. The average molecular weight is 559 g/mol. The van der Waals surface area contributed by atoms with E-state index in [1.807, 2.05) is 22.8 Å². The Morgan fingerprint density at radius 1 is 1.32 bits per heavy atom. The first-order valence-corrected chi connectivity index (χ1v) is 13.6. The molecule has 1 aliphatic rings. The Labute approximate surface area is 201 Å². The van der Waals surface area contributed by atoms with Crippen LogP contribution in [0.4, 0.5) is 0 Å². The number of terminal acetylenes is 1. The highest BCUT2D eigenvalue weighted by Crippen LogP contribution is 2.31. The van der Waals surface area contributed by atoms with Gasteiger partial charge in [0, 0.05) is 17.6 Å². The molecule has 0 saturated carbocycles. The minimum atomic E-state index is -3.68. The van der Waals surface area contributed by atoms with E-state index in [0.717, 1.165) is 26.0 Å². The summed E-state index contributed by atoms with van der Waals surface area (Å²) in [6.45, 7) is 0.763. The van der Waals surface area contributed by atoms with Crippen molar-refractivity contribution in [2.24, 2.45) is 10.9 Å². The highest BCUT2D eigenvalue weighted by Gasteiger charge is 2.34. The van der Waals surface area contributed by atoms with Gasteiger partial charge in [0.05, 0.1) is 27.0 Å². The number of aromatic nitrogens is 1. The molecule has 31 heavy (non-hydrogen) atoms. The number of halogens is 2. The number of amides is 1. The number of carbonyl (C=O) groups is 1. The van der Waals surface area contributed by atoms with Crippen molar-refractivity contribution < 1.29 is 13.2 Å². The second kappa shape index (κ2) is 9.17. The van der Waals surface area contributed by atoms with E-state index < -0.39 is 15.9 Å². The Bertz CT molecular complexity index is 1370. The molecule has 4 rings (SSSR count). The number of hydrogen-bond acceptors (Lipinski definition) is 5. The number of fused-ring (bicyclic) bond motifs is 1. The lowest BCUT2D eigenvalue weighted by atomic mass is 9.99. The molecule has 1 aromatic carbocycles. The summed E-state index contributed by atoms with van der Waals surface area (Å²) in [6, 6.07) is 8.85. The quantitative estimate of drug-likeness (QED) is 0.447. The Morgan fingerprint density at radius 3 is 2.84 bits per heavy atom. The second-order valence-corrected chi connectivity index (χ2v) is 12.8. The zero-order valence-electron chi connectivity index (χ0n) is 16.1. The molecular formula is C20H17BrClN3O3S3. The number of rotatable bonds is 4. The molecule has 0 N–H and O–H groups in total. The number of nitrogens with zero attached hydrogens (tertiary/aromatic N) is 3. The van der Waals surface area contributed by atoms with Crippen molar-refractivity contribution in [3.05, 3.63) is 43.9 Å². The van der Waals surface area contributed by atoms with Gasteiger partial charge in [-0.15, -0.1) is 17.8 Å². The summed E-state index contributed by atoms with van der Waals surface area (Å²) >= 11 is 11.8. The summed E-state index contributed by atoms with van der Waals surface area (Å²) in [5.74, 6) is 1.77. The van der Waals surface area contributed by atoms with Crippen LogP contribution >= 0.6 is 50.2 Å². The normalized spacial score (nSPS) is 18.4. The molecule has 3 aromatic rings. The lowest BCUT2D eigenvalue weighted by Crippen LogP contribution is -2.42. The molecule has 0 aliphatic carbocycles. The Morgan fingerprint density at radius 2 is 2.13 bits per heavy atom. The number of hydrogen-bond donors (Lipinski definition) is 0. The standard InChI is InChI=1S/C20H17BrClN3O3S3/c1-2-9-25-15-6-5-14(21)11-16(15)29-20(25)23-19(26)13-4-3-10-24(12-13)31(27,28)18-8-7-17(22)30-18/h1,5-8,11,13H,3-4,9-10,12H2. The van der Waals surface area contributed by atoms with Gasteiger partial charge in [-0.1, -0.05) is 44.8 Å². The molecule has 0 bridgehead atoms. The Balaban J connectivity index is 1.63. The predicted molar refractivity (Wildman–Crippen MR) is 128 cm³/mol. The van der Waals surface area contributed by atoms with Crippen LogP contribution in [0.5, 0.6) is 0 Å². The lowest BCUT2D eigenvalue weighted by Gasteiger charge is -2.29. The van der Waals surface area contributed by atoms with Gasteiger partial charge in [0.2, 0.25) is 0 Å². The number of piperidine rings is 1. The molecule has 162 valence electrons. The van der Waals surface area contributed by atoms with Crippen molar-refractivity contribution in [2.45, 2.75) is 23.6 Å². The summed E-state index contributed by atoms with van der Waals surface area (Å²) in [5, 5.41) is 0. The van der Waals surface area contributed by atoms with Crippen LogP contribution in [0.15, 0.2) is 44.0 Å². The third kappa shape index (κ3) is 4.67. The van der Waals surface area contributed by atoms with Crippen molar-refractivity contribution in [3.8, 4) is 12.3 Å². The largest absolute Gasteiger partial charge is 0.305 e. The molecule has 1 atom stereocenters. The zero-order chi connectivity index (χ0) is 22.2. The van der Waals surface area contributed by atoms with Gasteiger partial charge in [-0.3, -0.25) is 4.79 Å². The molecule has 11 heteroatoms. The molecule has 6 nitrogen and oxygen atoms in total. The van der Waals surface area contributed by atoms with Crippen LogP contribution in [0, 0.1) is 18.3 Å². The lowest BCUT2D eigenvalue weighted by molar-refractivity contribution is -0.122. The first-order chi connectivity index (χ1) is 14.8. The molecule has 1 amide bonds. The molecule has 2 aromatic heterocycles. The number of benzene rings is 1. The van der Waals surface area contributed by atoms with Gasteiger partial charge in [0.25, 0.3) is 15.9 Å². The predicted octanol–water partition coefficient (Wildman–Crippen LogP) is 4.34. The monoisotopic (exact) mass is 557 g/mol. The van der Waals surface area contributed by atoms with Gasteiger partial charge < -0.3 is 4.57 Å². The van der Waals surface area contributed by atoms with E-state index in [0.29, 0.717) is 28.5 Å². The third-order valence-corrected chi connectivity index (χ3v) is 10.1. The fraction of sp³-hybridized carbons (Fsp3) is 0.300. The molecular weight excluding hydrogens is 542 g/mol. The first-order valence-electron chi connectivity index (χ1n) is 9.36. The fourth-order valence-corrected chi connectivity index (χ4v) is 8.24. The van der Waals surface area contributed by atoms with Gasteiger partial charge in [-0.05, 0) is 43.2 Å². The van der Waals surface area contributed by atoms with Crippen molar-refractivity contribution in [3.63, 3.8) is 0 Å². The first kappa shape index (κ1) is 22.7. The van der Waals surface area contributed by atoms with E-state index in [1.165, 1.54) is 21.7 Å². The number of thiazole rings is 1. The van der Waals surface area contributed by atoms with E-state index >= 15 is 0 Å². The van der Waals surface area contributed by atoms with Gasteiger partial charge in [0.15, 0.2) is 4.80 Å². The van der Waals surface area contributed by atoms with Crippen molar-refractivity contribution in [1.82, 2.24) is 8.87 Å². The summed E-state index contributed by atoms with van der Waals surface area (Å²) < 4.78 is 31.5. The van der Waals surface area contributed by atoms with Gasteiger partial charge >= 0.3 is 0 Å². The molecule has 0 spiro atoms.